The Balaban J connectivity index is 1.34. The monoisotopic (exact) mass is 509 g/mol. The van der Waals surface area contributed by atoms with E-state index in [0.29, 0.717) is 43.2 Å². The highest BCUT2D eigenvalue weighted by atomic mass is 31.2. The van der Waals surface area contributed by atoms with Gasteiger partial charge in [-0.05, 0) is 42.0 Å². The molecule has 0 radical (unpaired) electrons. The van der Waals surface area contributed by atoms with Crippen LogP contribution in [0.4, 0.5) is 5.95 Å². The van der Waals surface area contributed by atoms with Gasteiger partial charge >= 0.3 is 7.82 Å². The number of phosphoric ester groups is 1. The molecule has 0 fully saturated rings. The van der Waals surface area contributed by atoms with Gasteiger partial charge in [-0.3, -0.25) is 4.52 Å². The van der Waals surface area contributed by atoms with Crippen LogP contribution in [0.2, 0.25) is 0 Å². The number of rotatable bonds is 10. The normalized spacial score (nSPS) is 17.0. The Morgan fingerprint density at radius 2 is 1.92 bits per heavy atom. The number of hydrogen-bond acceptors (Lipinski definition) is 8. The van der Waals surface area contributed by atoms with Crippen molar-refractivity contribution in [3.05, 3.63) is 101 Å². The molecule has 36 heavy (non-hydrogen) atoms. The minimum Gasteiger partial charge on any atom is -0.398 e. The molecule has 4 rings (SSSR count). The number of anilines is 1. The molecule has 5 N–H and O–H groups in total. The molecular formula is C25H28N5O5P. The van der Waals surface area contributed by atoms with Gasteiger partial charge in [0.25, 0.3) is 0 Å². The topological polar surface area (TPSA) is 157 Å². The van der Waals surface area contributed by atoms with Crippen molar-refractivity contribution in [3.8, 4) is 0 Å². The van der Waals surface area contributed by atoms with E-state index < -0.39 is 7.82 Å². The molecular weight excluding hydrogens is 481 g/mol. The highest BCUT2D eigenvalue weighted by Crippen LogP contribution is 2.36. The second-order valence-corrected chi connectivity index (χ2v) is 9.57. The molecule has 3 aromatic rings. The number of hydrogen-bond donors (Lipinski definition) is 4. The molecule has 1 aromatic carbocycles. The third-order valence-corrected chi connectivity index (χ3v) is 6.11. The van der Waals surface area contributed by atoms with Crippen molar-refractivity contribution in [3.63, 3.8) is 0 Å². The van der Waals surface area contributed by atoms with Gasteiger partial charge in [-0.25, -0.2) is 14.5 Å². The summed E-state index contributed by atoms with van der Waals surface area (Å²) in [6.45, 7) is 0.594. The standard InChI is InChI=1S/C25H28N5O5P/c26-23-10-9-18(11-14-34-36(31,32)33)3-1-4-22(23)24-16-21(30-35-24)15-19-5-7-20(8-6-19)17-29-25-27-12-2-13-28-25/h1-8,10,12-13,16,18H,9,11,14-15,17,26H2,(H,27,28,29)(H2,31,32,33)/b3-1+,22-4?,23-10?. The molecule has 0 saturated carbocycles. The summed E-state index contributed by atoms with van der Waals surface area (Å²) in [6, 6.07) is 11.9. The van der Waals surface area contributed by atoms with Gasteiger partial charge in [0.1, 0.15) is 0 Å². The van der Waals surface area contributed by atoms with Crippen LogP contribution in [0.15, 0.2) is 83.3 Å². The van der Waals surface area contributed by atoms with Crippen LogP contribution in [0, 0.1) is 5.92 Å². The molecule has 0 spiro atoms. The molecule has 1 unspecified atom stereocenters. The van der Waals surface area contributed by atoms with E-state index in [1.165, 1.54) is 0 Å². The van der Waals surface area contributed by atoms with Crippen molar-refractivity contribution in [1.82, 2.24) is 15.1 Å². The molecule has 1 aliphatic carbocycles. The summed E-state index contributed by atoms with van der Waals surface area (Å²) >= 11 is 0. The molecule has 10 nitrogen and oxygen atoms in total. The van der Waals surface area contributed by atoms with Crippen molar-refractivity contribution in [2.75, 3.05) is 11.9 Å². The van der Waals surface area contributed by atoms with Crippen molar-refractivity contribution in [1.29, 1.82) is 0 Å². The smallest absolute Gasteiger partial charge is 0.398 e. The summed E-state index contributed by atoms with van der Waals surface area (Å²) in [5, 5.41) is 7.40. The fraction of sp³-hybridized carbons (Fsp3) is 0.240. The number of nitrogens with zero attached hydrogens (tertiary/aromatic N) is 3. The predicted molar refractivity (Wildman–Crippen MR) is 135 cm³/mol. The van der Waals surface area contributed by atoms with Crippen LogP contribution >= 0.6 is 7.82 Å². The van der Waals surface area contributed by atoms with Crippen LogP contribution in [-0.2, 0) is 22.1 Å². The first kappa shape index (κ1) is 25.5. The Morgan fingerprint density at radius 3 is 2.67 bits per heavy atom. The molecule has 188 valence electrons. The number of nitrogens with one attached hydrogen (secondary N) is 1. The van der Waals surface area contributed by atoms with Gasteiger partial charge in [0.15, 0.2) is 5.76 Å². The van der Waals surface area contributed by atoms with Crippen LogP contribution in [0.25, 0.3) is 5.57 Å². The Bertz CT molecular complexity index is 1280. The van der Waals surface area contributed by atoms with Gasteiger partial charge in [0.2, 0.25) is 5.95 Å². The average molecular weight is 510 g/mol. The maximum atomic E-state index is 10.8. The number of allylic oxidation sites excluding steroid dienone is 5. The first-order valence-corrected chi connectivity index (χ1v) is 13.0. The molecule has 0 bridgehead atoms. The lowest BCUT2D eigenvalue weighted by atomic mass is 9.96. The van der Waals surface area contributed by atoms with Gasteiger partial charge < -0.3 is 25.4 Å². The van der Waals surface area contributed by atoms with Crippen molar-refractivity contribution in [2.45, 2.75) is 25.8 Å². The first-order valence-electron chi connectivity index (χ1n) is 11.4. The second kappa shape index (κ2) is 11.9. The summed E-state index contributed by atoms with van der Waals surface area (Å²) in [7, 11) is -4.46. The predicted octanol–water partition coefficient (Wildman–Crippen LogP) is 3.97. The third kappa shape index (κ3) is 7.73. The van der Waals surface area contributed by atoms with Gasteiger partial charge in [0, 0.05) is 42.7 Å². The molecule has 1 aliphatic rings. The van der Waals surface area contributed by atoms with Gasteiger partial charge in [-0.15, -0.1) is 0 Å². The Kier molecular flexibility index (Phi) is 8.45. The molecule has 2 heterocycles. The maximum absolute atomic E-state index is 10.8. The third-order valence-electron chi connectivity index (χ3n) is 5.59. The van der Waals surface area contributed by atoms with E-state index in [0.717, 1.165) is 22.4 Å². The molecule has 0 aliphatic heterocycles. The van der Waals surface area contributed by atoms with E-state index in [-0.39, 0.29) is 12.5 Å². The zero-order chi connectivity index (χ0) is 25.4. The minimum atomic E-state index is -4.46. The molecule has 0 amide bonds. The minimum absolute atomic E-state index is 0.0337. The number of benzene rings is 1. The van der Waals surface area contributed by atoms with Gasteiger partial charge in [0.05, 0.1) is 12.3 Å². The van der Waals surface area contributed by atoms with E-state index in [2.05, 4.69) is 49.2 Å². The molecule has 1 atom stereocenters. The van der Waals surface area contributed by atoms with Crippen LogP contribution in [0.5, 0.6) is 0 Å². The lowest BCUT2D eigenvalue weighted by Gasteiger charge is -2.14. The van der Waals surface area contributed by atoms with Crippen LogP contribution in [0.3, 0.4) is 0 Å². The molecule has 2 aromatic heterocycles. The summed E-state index contributed by atoms with van der Waals surface area (Å²) < 4.78 is 21.0. The van der Waals surface area contributed by atoms with Gasteiger partial charge in [-0.2, -0.15) is 0 Å². The fourth-order valence-electron chi connectivity index (χ4n) is 3.71. The Labute approximate surface area is 208 Å². The molecule has 11 heteroatoms. The summed E-state index contributed by atoms with van der Waals surface area (Å²) in [6.07, 6.45) is 12.7. The average Bonchev–Trinajstić information content (AvgIpc) is 3.30. The fourth-order valence-corrected chi connectivity index (χ4v) is 4.05. The zero-order valence-corrected chi connectivity index (χ0v) is 20.4. The van der Waals surface area contributed by atoms with Crippen molar-refractivity contribution >= 4 is 19.3 Å². The number of aromatic nitrogens is 3. The van der Waals surface area contributed by atoms with E-state index in [1.807, 2.05) is 30.4 Å². The second-order valence-electron chi connectivity index (χ2n) is 8.33. The lowest BCUT2D eigenvalue weighted by Crippen LogP contribution is -2.06. The highest BCUT2D eigenvalue weighted by molar-refractivity contribution is 7.46. The SMILES string of the molecule is NC1=CCC(CCOP(=O)(O)O)/C=C/C=C1c1cc(Cc2ccc(CNc3ncccn3)cc2)no1. The largest absolute Gasteiger partial charge is 0.469 e. The van der Waals surface area contributed by atoms with E-state index in [4.69, 9.17) is 20.0 Å². The maximum Gasteiger partial charge on any atom is 0.469 e. The van der Waals surface area contributed by atoms with Crippen molar-refractivity contribution < 1.29 is 23.4 Å². The van der Waals surface area contributed by atoms with Gasteiger partial charge in [-0.1, -0.05) is 47.7 Å². The van der Waals surface area contributed by atoms with E-state index >= 15 is 0 Å². The first-order chi connectivity index (χ1) is 17.4. The summed E-state index contributed by atoms with van der Waals surface area (Å²) in [4.78, 5) is 26.0. The quantitative estimate of drug-likeness (QED) is 0.295. The zero-order valence-electron chi connectivity index (χ0n) is 19.5. The van der Waals surface area contributed by atoms with Crippen molar-refractivity contribution in [2.24, 2.45) is 11.7 Å². The summed E-state index contributed by atoms with van der Waals surface area (Å²) in [5.41, 5.74) is 10.6. The lowest BCUT2D eigenvalue weighted by molar-refractivity contribution is 0.189. The highest BCUT2D eigenvalue weighted by Gasteiger charge is 2.17. The van der Waals surface area contributed by atoms with E-state index in [9.17, 15) is 4.57 Å². The van der Waals surface area contributed by atoms with E-state index in [1.54, 1.807) is 18.5 Å². The number of nitrogens with two attached hydrogens (primary N) is 1. The van der Waals surface area contributed by atoms with Crippen LogP contribution < -0.4 is 11.1 Å². The Morgan fingerprint density at radius 1 is 1.17 bits per heavy atom. The number of phosphoric acid groups is 1. The molecule has 0 saturated heterocycles. The Hall–Kier alpha value is -3.56. The summed E-state index contributed by atoms with van der Waals surface area (Å²) in [5.74, 6) is 1.22. The van der Waals surface area contributed by atoms with Crippen LogP contribution in [-0.4, -0.2) is 31.5 Å². The van der Waals surface area contributed by atoms with Crippen LogP contribution in [0.1, 0.15) is 35.4 Å².